The highest BCUT2D eigenvalue weighted by Crippen LogP contribution is 2.32. The lowest BCUT2D eigenvalue weighted by Crippen LogP contribution is -2.24. The van der Waals surface area contributed by atoms with Crippen molar-refractivity contribution >= 4 is 23.2 Å². The standard InChI is InChI=1S/C13H10N2O2S.C5H9NO2.C2H2/c1-3-8-4-5-11(17-2)9(6-8)13-15-10(7-18-13)12(14)16;1-6-3-2-4(7)5(6)8;1-2/h1,4-7H,2H3,(H2,14,16);4,7H,2-3H2,1H3;1-2H/t;4-;/m.0./s1. The minimum absolute atomic E-state index is 0.148. The molecule has 0 unspecified atom stereocenters. The van der Waals surface area contributed by atoms with Crippen molar-refractivity contribution in [2.75, 3.05) is 20.7 Å². The normalized spacial score (nSPS) is 14.8. The van der Waals surface area contributed by atoms with Gasteiger partial charge in [-0.05, 0) is 24.6 Å². The van der Waals surface area contributed by atoms with Gasteiger partial charge in [-0.25, -0.2) is 4.98 Å². The molecule has 28 heavy (non-hydrogen) atoms. The summed E-state index contributed by atoms with van der Waals surface area (Å²) >= 11 is 1.32. The van der Waals surface area contributed by atoms with Crippen LogP contribution in [0.15, 0.2) is 23.6 Å². The first-order chi connectivity index (χ1) is 13.4. The molecule has 1 aromatic heterocycles. The Balaban J connectivity index is 0.000000327. The molecule has 0 spiro atoms. The third kappa shape index (κ3) is 5.58. The van der Waals surface area contributed by atoms with Gasteiger partial charge in [0.05, 0.1) is 12.7 Å². The fraction of sp³-hybridized carbons (Fsp3) is 0.250. The molecule has 1 fully saturated rings. The molecule has 0 radical (unpaired) electrons. The molecule has 8 heteroatoms. The summed E-state index contributed by atoms with van der Waals surface area (Å²) in [7, 11) is 3.26. The van der Waals surface area contributed by atoms with E-state index in [-0.39, 0.29) is 11.6 Å². The van der Waals surface area contributed by atoms with Crippen LogP contribution in [0.4, 0.5) is 0 Å². The minimum Gasteiger partial charge on any atom is -0.496 e. The fourth-order valence-corrected chi connectivity index (χ4v) is 3.11. The molecule has 2 aromatic rings. The van der Waals surface area contributed by atoms with Crippen molar-refractivity contribution in [2.24, 2.45) is 5.73 Å². The number of ether oxygens (including phenoxy) is 1. The second-order valence-corrected chi connectivity index (χ2v) is 6.38. The van der Waals surface area contributed by atoms with Crippen LogP contribution in [0, 0.1) is 25.2 Å². The van der Waals surface area contributed by atoms with Gasteiger partial charge < -0.3 is 20.5 Å². The zero-order valence-electron chi connectivity index (χ0n) is 15.6. The van der Waals surface area contributed by atoms with E-state index in [9.17, 15) is 9.59 Å². The van der Waals surface area contributed by atoms with Crippen LogP contribution in [-0.4, -0.2) is 53.6 Å². The largest absolute Gasteiger partial charge is 0.496 e. The van der Waals surface area contributed by atoms with E-state index in [1.165, 1.54) is 16.2 Å². The average molecular weight is 399 g/mol. The quantitative estimate of drug-likeness (QED) is 0.758. The summed E-state index contributed by atoms with van der Waals surface area (Å²) in [6, 6.07) is 5.35. The van der Waals surface area contributed by atoms with E-state index in [4.69, 9.17) is 22.0 Å². The number of hydrogen-bond acceptors (Lipinski definition) is 6. The molecule has 146 valence electrons. The number of carbonyl (C=O) groups excluding carboxylic acids is 2. The predicted octanol–water partition coefficient (Wildman–Crippen LogP) is 1.36. The molecule has 0 aliphatic carbocycles. The van der Waals surface area contributed by atoms with Gasteiger partial charge in [-0.15, -0.1) is 30.6 Å². The van der Waals surface area contributed by atoms with Gasteiger partial charge in [0.1, 0.15) is 22.6 Å². The van der Waals surface area contributed by atoms with Gasteiger partial charge in [0.2, 0.25) is 0 Å². The number of aliphatic hydroxyl groups is 1. The Bertz CT molecular complexity index is 886. The molecular formula is C20H21N3O4S. The average Bonchev–Trinajstić information content (AvgIpc) is 3.33. The van der Waals surface area contributed by atoms with Crippen LogP contribution < -0.4 is 10.5 Å². The number of amides is 2. The molecule has 7 nitrogen and oxygen atoms in total. The molecule has 0 bridgehead atoms. The van der Waals surface area contributed by atoms with E-state index in [0.717, 1.165) is 11.1 Å². The molecule has 0 saturated carbocycles. The van der Waals surface area contributed by atoms with Crippen LogP contribution in [0.5, 0.6) is 5.75 Å². The Morgan fingerprint density at radius 3 is 2.54 bits per heavy atom. The van der Waals surface area contributed by atoms with Gasteiger partial charge in [-0.2, -0.15) is 0 Å². The number of thiazole rings is 1. The predicted molar refractivity (Wildman–Crippen MR) is 109 cm³/mol. The minimum atomic E-state index is -0.722. The van der Waals surface area contributed by atoms with Crippen molar-refractivity contribution in [3.8, 4) is 41.5 Å². The summed E-state index contributed by atoms with van der Waals surface area (Å²) in [5.41, 5.74) is 6.89. The monoisotopic (exact) mass is 399 g/mol. The summed E-state index contributed by atoms with van der Waals surface area (Å²) in [5, 5.41) is 11.0. The molecule has 3 rings (SSSR count). The molecule has 1 saturated heterocycles. The number of terminal acetylenes is 2. The van der Waals surface area contributed by atoms with E-state index in [1.807, 2.05) is 0 Å². The SMILES string of the molecule is C#C.C#Cc1ccc(OC)c(-c2nc(C(N)=O)cs2)c1.CN1CC[C@H](O)C1=O. The first kappa shape index (κ1) is 22.7. The van der Waals surface area contributed by atoms with Crippen molar-refractivity contribution in [1.82, 2.24) is 9.88 Å². The van der Waals surface area contributed by atoms with Crippen molar-refractivity contribution in [3.05, 3.63) is 34.8 Å². The van der Waals surface area contributed by atoms with E-state index < -0.39 is 12.0 Å². The number of hydrogen-bond donors (Lipinski definition) is 2. The maximum Gasteiger partial charge on any atom is 0.268 e. The third-order valence-electron chi connectivity index (χ3n) is 3.75. The number of aliphatic hydroxyl groups excluding tert-OH is 1. The third-order valence-corrected chi connectivity index (χ3v) is 4.63. The maximum absolute atomic E-state index is 11.0. The molecule has 1 aliphatic heterocycles. The Kier molecular flexibility index (Phi) is 8.70. The first-order valence-electron chi connectivity index (χ1n) is 8.04. The summed E-state index contributed by atoms with van der Waals surface area (Å²) in [6.07, 6.45) is 13.2. The van der Waals surface area contributed by atoms with Crippen LogP contribution in [0.25, 0.3) is 10.6 Å². The number of likely N-dealkylation sites (N-methyl/N-ethyl adjacent to an activating group) is 1. The lowest BCUT2D eigenvalue weighted by Gasteiger charge is -2.06. The highest BCUT2D eigenvalue weighted by Gasteiger charge is 2.25. The second kappa shape index (κ2) is 10.7. The molecule has 3 N–H and O–H groups in total. The number of nitrogens with two attached hydrogens (primary N) is 1. The van der Waals surface area contributed by atoms with Crippen LogP contribution >= 0.6 is 11.3 Å². The van der Waals surface area contributed by atoms with Crippen LogP contribution in [0.2, 0.25) is 0 Å². The highest BCUT2D eigenvalue weighted by atomic mass is 32.1. The van der Waals surface area contributed by atoms with Crippen LogP contribution in [-0.2, 0) is 4.79 Å². The molecule has 2 amide bonds. The zero-order chi connectivity index (χ0) is 21.3. The van der Waals surface area contributed by atoms with E-state index in [1.54, 1.807) is 37.7 Å². The Morgan fingerprint density at radius 1 is 1.46 bits per heavy atom. The van der Waals surface area contributed by atoms with E-state index >= 15 is 0 Å². The van der Waals surface area contributed by atoms with Crippen molar-refractivity contribution in [2.45, 2.75) is 12.5 Å². The lowest BCUT2D eigenvalue weighted by molar-refractivity contribution is -0.133. The van der Waals surface area contributed by atoms with Gasteiger partial charge in [-0.1, -0.05) is 5.92 Å². The summed E-state index contributed by atoms with van der Waals surface area (Å²) < 4.78 is 5.25. The van der Waals surface area contributed by atoms with Gasteiger partial charge in [0.15, 0.2) is 0 Å². The Morgan fingerprint density at radius 2 is 2.14 bits per heavy atom. The lowest BCUT2D eigenvalue weighted by atomic mass is 10.1. The van der Waals surface area contributed by atoms with Gasteiger partial charge in [-0.3, -0.25) is 9.59 Å². The Hall–Kier alpha value is -3.33. The second-order valence-electron chi connectivity index (χ2n) is 5.53. The number of benzene rings is 1. The highest BCUT2D eigenvalue weighted by molar-refractivity contribution is 7.13. The van der Waals surface area contributed by atoms with E-state index in [2.05, 4.69) is 23.8 Å². The van der Waals surface area contributed by atoms with Crippen LogP contribution in [0.3, 0.4) is 0 Å². The molecular weight excluding hydrogens is 378 g/mol. The maximum atomic E-state index is 11.0. The number of methoxy groups -OCH3 is 1. The topological polar surface area (TPSA) is 106 Å². The van der Waals surface area contributed by atoms with Gasteiger partial charge in [0, 0.05) is 24.5 Å². The molecule has 1 aromatic carbocycles. The number of carbonyl (C=O) groups is 2. The number of aromatic nitrogens is 1. The molecule has 1 aliphatic rings. The van der Waals surface area contributed by atoms with Crippen molar-refractivity contribution in [1.29, 1.82) is 0 Å². The van der Waals surface area contributed by atoms with Crippen molar-refractivity contribution < 1.29 is 19.4 Å². The van der Waals surface area contributed by atoms with Crippen LogP contribution in [0.1, 0.15) is 22.5 Å². The van der Waals surface area contributed by atoms with Crippen molar-refractivity contribution in [3.63, 3.8) is 0 Å². The summed E-state index contributed by atoms with van der Waals surface area (Å²) in [4.78, 5) is 27.3. The van der Waals surface area contributed by atoms with Gasteiger partial charge >= 0.3 is 0 Å². The fourth-order valence-electron chi connectivity index (χ4n) is 2.28. The molecule has 1 atom stereocenters. The van der Waals surface area contributed by atoms with E-state index in [0.29, 0.717) is 23.7 Å². The summed E-state index contributed by atoms with van der Waals surface area (Å²) in [5.74, 6) is 2.50. The smallest absolute Gasteiger partial charge is 0.268 e. The number of nitrogens with zero attached hydrogens (tertiary/aromatic N) is 2. The van der Waals surface area contributed by atoms with Gasteiger partial charge in [0.25, 0.3) is 11.8 Å². The number of likely N-dealkylation sites (tertiary alicyclic amines) is 1. The number of rotatable bonds is 3. The Labute approximate surface area is 168 Å². The number of primary amides is 1. The first-order valence-corrected chi connectivity index (χ1v) is 8.92. The molecule has 2 heterocycles. The zero-order valence-corrected chi connectivity index (χ0v) is 16.4. The summed E-state index contributed by atoms with van der Waals surface area (Å²) in [6.45, 7) is 0.694.